The van der Waals surface area contributed by atoms with E-state index in [1.54, 1.807) is 0 Å². The van der Waals surface area contributed by atoms with Crippen LogP contribution in [0.25, 0.3) is 24.3 Å². The van der Waals surface area contributed by atoms with Crippen LogP contribution in [-0.4, -0.2) is 52.2 Å². The maximum Gasteiger partial charge on any atom is 0.308 e. The first-order chi connectivity index (χ1) is 33.9. The van der Waals surface area contributed by atoms with Gasteiger partial charge in [0.25, 0.3) is 0 Å². The van der Waals surface area contributed by atoms with Gasteiger partial charge in [-0.05, 0) is 86.8 Å². The Bertz CT molecular complexity index is 1830. The summed E-state index contributed by atoms with van der Waals surface area (Å²) in [6, 6.07) is 16.8. The van der Waals surface area contributed by atoms with Gasteiger partial charge in [-0.25, -0.2) is 0 Å². The molecule has 386 valence electrons. The predicted molar refractivity (Wildman–Crippen MR) is 291 cm³/mol. The Balaban J connectivity index is 1.89. The summed E-state index contributed by atoms with van der Waals surface area (Å²) in [5.74, 6) is 4.12. The van der Waals surface area contributed by atoms with Crippen LogP contribution in [0.2, 0.25) is 0 Å². The number of esters is 1. The molecule has 0 N–H and O–H groups in total. The van der Waals surface area contributed by atoms with Gasteiger partial charge in [0.05, 0.1) is 52.2 Å². The highest BCUT2D eigenvalue weighted by Crippen LogP contribution is 2.43. The Hall–Kier alpha value is -4.59. The van der Waals surface area contributed by atoms with Gasteiger partial charge < -0.3 is 33.2 Å². The average Bonchev–Trinajstić information content (AvgIpc) is 3.37. The van der Waals surface area contributed by atoms with Crippen molar-refractivity contribution >= 4 is 30.3 Å². The summed E-state index contributed by atoms with van der Waals surface area (Å²) in [5.41, 5.74) is 4.09. The number of unbranched alkanes of at least 4 members (excludes halogenated alkanes) is 16. The van der Waals surface area contributed by atoms with Crippen molar-refractivity contribution in [2.45, 2.75) is 196 Å². The molecule has 8 nitrogen and oxygen atoms in total. The quantitative estimate of drug-likeness (QED) is 0.0316. The maximum atomic E-state index is 12.1. The molecule has 0 aliphatic heterocycles. The smallest absolute Gasteiger partial charge is 0.308 e. The lowest BCUT2D eigenvalue weighted by molar-refractivity contribution is -0.148. The van der Waals surface area contributed by atoms with Crippen molar-refractivity contribution in [2.24, 2.45) is 5.92 Å². The molecule has 0 radical (unpaired) electrons. The molecule has 3 aromatic rings. The van der Waals surface area contributed by atoms with Crippen molar-refractivity contribution in [1.29, 1.82) is 0 Å². The Morgan fingerprint density at radius 3 is 1.04 bits per heavy atom. The van der Waals surface area contributed by atoms with Gasteiger partial charge >= 0.3 is 5.97 Å². The molecule has 0 heterocycles. The van der Waals surface area contributed by atoms with Crippen LogP contribution in [-0.2, 0) is 9.53 Å². The summed E-state index contributed by atoms with van der Waals surface area (Å²) in [5, 5.41) is 0. The molecular weight excluding hydrogens is 861 g/mol. The van der Waals surface area contributed by atoms with Crippen LogP contribution in [0.5, 0.6) is 34.5 Å². The zero-order chi connectivity index (χ0) is 49.6. The molecule has 0 amide bonds. The van der Waals surface area contributed by atoms with Crippen molar-refractivity contribution in [3.05, 3.63) is 70.8 Å². The van der Waals surface area contributed by atoms with Gasteiger partial charge in [0.15, 0.2) is 23.0 Å². The number of benzene rings is 3. The van der Waals surface area contributed by atoms with Crippen LogP contribution in [0.3, 0.4) is 0 Å². The first-order valence-electron chi connectivity index (χ1n) is 27.6. The minimum Gasteiger partial charge on any atom is -0.490 e. The largest absolute Gasteiger partial charge is 0.490 e. The molecule has 1 unspecified atom stereocenters. The molecule has 1 atom stereocenters. The molecule has 0 saturated heterocycles. The summed E-state index contributed by atoms with van der Waals surface area (Å²) in [6.45, 7) is 19.1. The van der Waals surface area contributed by atoms with Gasteiger partial charge in [-0.2, -0.15) is 0 Å². The molecule has 0 bridgehead atoms. The van der Waals surface area contributed by atoms with Gasteiger partial charge in [-0.15, -0.1) is 0 Å². The van der Waals surface area contributed by atoms with E-state index in [1.807, 2.05) is 19.9 Å². The topological polar surface area (TPSA) is 81.7 Å². The molecule has 8 heteroatoms. The van der Waals surface area contributed by atoms with Crippen LogP contribution in [0, 0.1) is 5.92 Å². The van der Waals surface area contributed by atoms with E-state index in [4.69, 9.17) is 33.2 Å². The molecule has 0 aliphatic carbocycles. The van der Waals surface area contributed by atoms with E-state index in [0.717, 1.165) is 129 Å². The number of ether oxygens (including phenoxy) is 7. The molecule has 3 aromatic carbocycles. The standard InChI is InChI=1S/C61H94O8/c1-8-14-19-24-43-63-55-41-39-53(57(65-45-25-20-15-9-2)59(55)67-47-27-22-17-11-4)37-35-51-31-33-52(34-32-51)36-38-54-40-42-56(64-44-29-30-49-69-61(62)50(7)13-6)60(68-48-28-23-18-12-5)58(54)66-46-26-21-16-10-3/h31-42,50H,8-30,43-49H2,1-7H3/b37-35+,38-36+. The normalized spacial score (nSPS) is 11.9. The Morgan fingerprint density at radius 2 is 0.696 bits per heavy atom. The lowest BCUT2D eigenvalue weighted by Crippen LogP contribution is -2.15. The fourth-order valence-corrected chi connectivity index (χ4v) is 7.66. The van der Waals surface area contributed by atoms with Crippen molar-refractivity contribution < 1.29 is 38.0 Å². The number of hydrogen-bond acceptors (Lipinski definition) is 8. The highest BCUT2D eigenvalue weighted by molar-refractivity contribution is 5.78. The average molecular weight is 955 g/mol. The van der Waals surface area contributed by atoms with Crippen LogP contribution in [0.4, 0.5) is 0 Å². The molecule has 0 aliphatic rings. The second-order valence-corrected chi connectivity index (χ2v) is 18.5. The summed E-state index contributed by atoms with van der Waals surface area (Å²) in [6.07, 6.45) is 33.3. The zero-order valence-corrected chi connectivity index (χ0v) is 44.5. The van der Waals surface area contributed by atoms with Crippen molar-refractivity contribution in [3.63, 3.8) is 0 Å². The van der Waals surface area contributed by atoms with E-state index < -0.39 is 0 Å². The summed E-state index contributed by atoms with van der Waals surface area (Å²) in [7, 11) is 0. The first-order valence-corrected chi connectivity index (χ1v) is 27.6. The van der Waals surface area contributed by atoms with Gasteiger partial charge in [0.2, 0.25) is 11.5 Å². The van der Waals surface area contributed by atoms with E-state index >= 15 is 0 Å². The van der Waals surface area contributed by atoms with Crippen molar-refractivity contribution in [1.82, 2.24) is 0 Å². The zero-order valence-electron chi connectivity index (χ0n) is 44.5. The lowest BCUT2D eigenvalue weighted by Gasteiger charge is -2.19. The molecular formula is C61H94O8. The van der Waals surface area contributed by atoms with Crippen LogP contribution in [0.15, 0.2) is 48.5 Å². The van der Waals surface area contributed by atoms with Crippen LogP contribution in [0.1, 0.15) is 218 Å². The second kappa shape index (κ2) is 38.2. The minimum absolute atomic E-state index is 0.0775. The minimum atomic E-state index is -0.133. The summed E-state index contributed by atoms with van der Waals surface area (Å²) >= 11 is 0. The SMILES string of the molecule is CCCCCCOc1ccc(/C=C/c2ccc(/C=C/c3ccc(OCCCCOC(=O)C(C)CC)c(OCCCCCC)c3OCCCCCC)cc2)c(OCCCCCC)c1OCCCCCC. The lowest BCUT2D eigenvalue weighted by atomic mass is 10.1. The van der Waals surface area contributed by atoms with Gasteiger partial charge in [0, 0.05) is 11.1 Å². The predicted octanol–water partition coefficient (Wildman–Crippen LogP) is 17.6. The Kier molecular flexibility index (Phi) is 32.5. The molecule has 0 saturated carbocycles. The highest BCUT2D eigenvalue weighted by Gasteiger charge is 2.19. The third-order valence-electron chi connectivity index (χ3n) is 12.3. The van der Waals surface area contributed by atoms with E-state index in [-0.39, 0.29) is 11.9 Å². The van der Waals surface area contributed by atoms with E-state index in [9.17, 15) is 4.79 Å². The van der Waals surface area contributed by atoms with Crippen LogP contribution < -0.4 is 28.4 Å². The van der Waals surface area contributed by atoms with Crippen molar-refractivity contribution in [3.8, 4) is 34.5 Å². The summed E-state index contributed by atoms with van der Waals surface area (Å²) in [4.78, 5) is 12.1. The van der Waals surface area contributed by atoms with Gasteiger partial charge in [-0.1, -0.05) is 193 Å². The van der Waals surface area contributed by atoms with E-state index in [1.165, 1.54) is 64.2 Å². The third-order valence-corrected chi connectivity index (χ3v) is 12.3. The first kappa shape index (κ1) is 58.7. The van der Waals surface area contributed by atoms with Crippen LogP contribution >= 0.6 is 0 Å². The summed E-state index contributed by atoms with van der Waals surface area (Å²) < 4.78 is 44.6. The van der Waals surface area contributed by atoms with Gasteiger partial charge in [0.1, 0.15) is 0 Å². The maximum absolute atomic E-state index is 12.1. The second-order valence-electron chi connectivity index (χ2n) is 18.5. The highest BCUT2D eigenvalue weighted by atomic mass is 16.6. The fraction of sp³-hybridized carbons (Fsp3) is 0.623. The monoisotopic (exact) mass is 955 g/mol. The Labute approximate surface area is 420 Å². The molecule has 0 aromatic heterocycles. The Morgan fingerprint density at radius 1 is 0.377 bits per heavy atom. The third kappa shape index (κ3) is 24.2. The molecule has 3 rings (SSSR count). The molecule has 0 fully saturated rings. The number of carbonyl (C=O) groups is 1. The molecule has 0 spiro atoms. The van der Waals surface area contributed by atoms with Crippen molar-refractivity contribution in [2.75, 3.05) is 46.2 Å². The fourth-order valence-electron chi connectivity index (χ4n) is 7.66. The van der Waals surface area contributed by atoms with E-state index in [0.29, 0.717) is 57.7 Å². The van der Waals surface area contributed by atoms with Gasteiger partial charge in [-0.3, -0.25) is 4.79 Å². The number of carbonyl (C=O) groups excluding carboxylic acids is 1. The molecule has 69 heavy (non-hydrogen) atoms. The number of rotatable bonds is 42. The van der Waals surface area contributed by atoms with E-state index in [2.05, 4.69) is 101 Å². The number of hydrogen-bond donors (Lipinski definition) is 0.